The molecule has 0 aliphatic carbocycles. The zero-order valence-electron chi connectivity index (χ0n) is 13.2. The first-order valence-corrected chi connectivity index (χ1v) is 7.70. The van der Waals surface area contributed by atoms with Gasteiger partial charge in [-0.05, 0) is 62.1 Å². The Hall–Kier alpha value is -2.13. The summed E-state index contributed by atoms with van der Waals surface area (Å²) in [7, 11) is 0. The third-order valence-electron chi connectivity index (χ3n) is 3.42. The number of benzene rings is 2. The van der Waals surface area contributed by atoms with Gasteiger partial charge >= 0.3 is 5.97 Å². The lowest BCUT2D eigenvalue weighted by atomic mass is 10.0. The Labute approximate surface area is 132 Å². The molecule has 3 nitrogen and oxygen atoms in total. The third-order valence-corrected chi connectivity index (χ3v) is 3.42. The Morgan fingerprint density at radius 2 is 1.55 bits per heavy atom. The maximum absolute atomic E-state index is 11.8. The number of ether oxygens (including phenoxy) is 1. The van der Waals surface area contributed by atoms with Crippen molar-refractivity contribution >= 4 is 5.97 Å². The van der Waals surface area contributed by atoms with E-state index in [2.05, 4.69) is 24.3 Å². The van der Waals surface area contributed by atoms with Gasteiger partial charge in [-0.25, -0.2) is 4.79 Å². The molecule has 0 aromatic heterocycles. The van der Waals surface area contributed by atoms with E-state index in [1.54, 1.807) is 0 Å². The minimum atomic E-state index is -0.279. The molecule has 0 atom stereocenters. The molecule has 0 aliphatic rings. The molecular formula is C19H23NO2. The van der Waals surface area contributed by atoms with E-state index < -0.39 is 0 Å². The Morgan fingerprint density at radius 1 is 1.00 bits per heavy atom. The van der Waals surface area contributed by atoms with Crippen molar-refractivity contribution in [1.29, 1.82) is 0 Å². The molecule has 2 aromatic rings. The fraction of sp³-hybridized carbons (Fsp3) is 0.316. The van der Waals surface area contributed by atoms with Crippen molar-refractivity contribution in [2.75, 3.05) is 6.54 Å². The van der Waals surface area contributed by atoms with Gasteiger partial charge in [0.05, 0.1) is 11.7 Å². The van der Waals surface area contributed by atoms with Crippen LogP contribution in [0.5, 0.6) is 0 Å². The second-order valence-corrected chi connectivity index (χ2v) is 5.62. The van der Waals surface area contributed by atoms with Crippen molar-refractivity contribution in [3.63, 3.8) is 0 Å². The van der Waals surface area contributed by atoms with Crippen molar-refractivity contribution in [2.24, 2.45) is 5.73 Å². The van der Waals surface area contributed by atoms with Crippen LogP contribution in [0.4, 0.5) is 0 Å². The predicted octanol–water partition coefficient (Wildman–Crippen LogP) is 3.81. The highest BCUT2D eigenvalue weighted by Gasteiger charge is 2.09. The summed E-state index contributed by atoms with van der Waals surface area (Å²) in [5.74, 6) is -0.279. The Kier molecular flexibility index (Phi) is 5.73. The van der Waals surface area contributed by atoms with Gasteiger partial charge in [0.2, 0.25) is 0 Å². The summed E-state index contributed by atoms with van der Waals surface area (Å²) in [6, 6.07) is 16.0. The van der Waals surface area contributed by atoms with Crippen LogP contribution < -0.4 is 5.73 Å². The first-order valence-electron chi connectivity index (χ1n) is 7.70. The van der Waals surface area contributed by atoms with Crippen LogP contribution in [0, 0.1) is 0 Å². The lowest BCUT2D eigenvalue weighted by Gasteiger charge is -2.09. The largest absolute Gasteiger partial charge is 0.459 e. The van der Waals surface area contributed by atoms with Gasteiger partial charge in [0.1, 0.15) is 0 Å². The first kappa shape index (κ1) is 16.2. The van der Waals surface area contributed by atoms with Gasteiger partial charge in [0, 0.05) is 0 Å². The van der Waals surface area contributed by atoms with Crippen LogP contribution >= 0.6 is 0 Å². The number of carbonyl (C=O) groups excluding carboxylic acids is 1. The topological polar surface area (TPSA) is 52.3 Å². The zero-order chi connectivity index (χ0) is 15.9. The summed E-state index contributed by atoms with van der Waals surface area (Å²) in [6.07, 6.45) is 1.91. The van der Waals surface area contributed by atoms with Gasteiger partial charge < -0.3 is 10.5 Å². The Balaban J connectivity index is 2.08. The minimum Gasteiger partial charge on any atom is -0.459 e. The molecular weight excluding hydrogens is 274 g/mol. The third kappa shape index (κ3) is 4.43. The van der Waals surface area contributed by atoms with E-state index in [4.69, 9.17) is 10.5 Å². The van der Waals surface area contributed by atoms with Gasteiger partial charge in [0.15, 0.2) is 0 Å². The van der Waals surface area contributed by atoms with Crippen molar-refractivity contribution in [2.45, 2.75) is 32.8 Å². The monoisotopic (exact) mass is 297 g/mol. The fourth-order valence-electron chi connectivity index (χ4n) is 2.25. The molecule has 2 rings (SSSR count). The molecule has 0 radical (unpaired) electrons. The smallest absolute Gasteiger partial charge is 0.338 e. The SMILES string of the molecule is CC(C)OC(=O)c1ccc(-c2ccc(CCCN)cc2)cc1. The summed E-state index contributed by atoms with van der Waals surface area (Å²) >= 11 is 0. The number of carbonyl (C=O) groups is 1. The summed E-state index contributed by atoms with van der Waals surface area (Å²) in [5.41, 5.74) is 9.63. The standard InChI is InChI=1S/C19H23NO2/c1-14(2)22-19(21)18-11-9-17(10-12-18)16-7-5-15(6-8-16)4-3-13-20/h5-12,14H,3-4,13,20H2,1-2H3. The van der Waals surface area contributed by atoms with E-state index in [1.165, 1.54) is 5.56 Å². The lowest BCUT2D eigenvalue weighted by molar-refractivity contribution is 0.0378. The molecule has 0 spiro atoms. The van der Waals surface area contributed by atoms with Gasteiger partial charge in [-0.2, -0.15) is 0 Å². The molecule has 3 heteroatoms. The quantitative estimate of drug-likeness (QED) is 0.825. The molecule has 0 saturated carbocycles. The molecule has 0 heterocycles. The van der Waals surface area contributed by atoms with E-state index in [1.807, 2.05) is 38.1 Å². The number of aryl methyl sites for hydroxylation is 1. The second-order valence-electron chi connectivity index (χ2n) is 5.62. The fourth-order valence-corrected chi connectivity index (χ4v) is 2.25. The molecule has 116 valence electrons. The van der Waals surface area contributed by atoms with E-state index in [0.717, 1.165) is 30.5 Å². The predicted molar refractivity (Wildman–Crippen MR) is 89.8 cm³/mol. The Morgan fingerprint density at radius 3 is 2.05 bits per heavy atom. The second kappa shape index (κ2) is 7.76. The highest BCUT2D eigenvalue weighted by molar-refractivity contribution is 5.90. The van der Waals surface area contributed by atoms with Crippen LogP contribution in [0.1, 0.15) is 36.2 Å². The van der Waals surface area contributed by atoms with Crippen LogP contribution in [0.3, 0.4) is 0 Å². The van der Waals surface area contributed by atoms with Crippen molar-refractivity contribution < 1.29 is 9.53 Å². The maximum atomic E-state index is 11.8. The maximum Gasteiger partial charge on any atom is 0.338 e. The van der Waals surface area contributed by atoms with Crippen LogP contribution in [0.15, 0.2) is 48.5 Å². The molecule has 0 amide bonds. The molecule has 22 heavy (non-hydrogen) atoms. The molecule has 0 unspecified atom stereocenters. The van der Waals surface area contributed by atoms with Gasteiger partial charge in [0.25, 0.3) is 0 Å². The van der Waals surface area contributed by atoms with Crippen LogP contribution in [0.25, 0.3) is 11.1 Å². The summed E-state index contributed by atoms with van der Waals surface area (Å²) < 4.78 is 5.19. The molecule has 2 N–H and O–H groups in total. The molecule has 0 fully saturated rings. The summed E-state index contributed by atoms with van der Waals surface area (Å²) in [4.78, 5) is 11.8. The number of hydrogen-bond acceptors (Lipinski definition) is 3. The Bertz CT molecular complexity index is 600. The average Bonchev–Trinajstić information content (AvgIpc) is 2.53. The lowest BCUT2D eigenvalue weighted by Crippen LogP contribution is -2.11. The first-order chi connectivity index (χ1) is 10.6. The van der Waals surface area contributed by atoms with Crippen molar-refractivity contribution in [3.8, 4) is 11.1 Å². The molecule has 0 bridgehead atoms. The zero-order valence-corrected chi connectivity index (χ0v) is 13.2. The number of rotatable bonds is 6. The van der Waals surface area contributed by atoms with E-state index in [9.17, 15) is 4.79 Å². The van der Waals surface area contributed by atoms with E-state index in [-0.39, 0.29) is 12.1 Å². The van der Waals surface area contributed by atoms with Crippen LogP contribution in [0.2, 0.25) is 0 Å². The number of nitrogens with two attached hydrogens (primary N) is 1. The minimum absolute atomic E-state index is 0.103. The van der Waals surface area contributed by atoms with Gasteiger partial charge in [-0.3, -0.25) is 0 Å². The summed E-state index contributed by atoms with van der Waals surface area (Å²) in [5, 5.41) is 0. The molecule has 2 aromatic carbocycles. The summed E-state index contributed by atoms with van der Waals surface area (Å²) in [6.45, 7) is 4.41. The molecule has 0 saturated heterocycles. The van der Waals surface area contributed by atoms with E-state index in [0.29, 0.717) is 5.56 Å². The van der Waals surface area contributed by atoms with Crippen molar-refractivity contribution in [3.05, 3.63) is 59.7 Å². The van der Waals surface area contributed by atoms with Crippen molar-refractivity contribution in [1.82, 2.24) is 0 Å². The van der Waals surface area contributed by atoms with Gasteiger partial charge in [-0.1, -0.05) is 36.4 Å². The average molecular weight is 297 g/mol. The highest BCUT2D eigenvalue weighted by Crippen LogP contribution is 2.21. The molecule has 0 aliphatic heterocycles. The number of esters is 1. The normalized spacial score (nSPS) is 10.7. The van der Waals surface area contributed by atoms with Gasteiger partial charge in [-0.15, -0.1) is 0 Å². The highest BCUT2D eigenvalue weighted by atomic mass is 16.5. The van der Waals surface area contributed by atoms with Crippen LogP contribution in [-0.4, -0.2) is 18.6 Å². The van der Waals surface area contributed by atoms with E-state index >= 15 is 0 Å². The number of hydrogen-bond donors (Lipinski definition) is 1. The van der Waals surface area contributed by atoms with Crippen LogP contribution in [-0.2, 0) is 11.2 Å².